The van der Waals surface area contributed by atoms with Crippen molar-refractivity contribution in [3.8, 4) is 5.75 Å². The molecule has 0 bridgehead atoms. The Bertz CT molecular complexity index is 1530. The van der Waals surface area contributed by atoms with Gasteiger partial charge in [0.1, 0.15) is 28.9 Å². The van der Waals surface area contributed by atoms with E-state index in [4.69, 9.17) is 9.47 Å². The zero-order valence-corrected chi connectivity index (χ0v) is 26.7. The van der Waals surface area contributed by atoms with Gasteiger partial charge in [-0.1, -0.05) is 60.1 Å². The Balaban J connectivity index is 2.00. The standard InChI is InChI=1S/C34H42O11/c1-8-9-15-44-21(37)13-14-22(38)45-31-32(6)17(4)19-11-10-12-20(36)24(19)28(40)26(32)30(42)34(43)29(41)23(18(5)35)27(39)25(16(2)3)33(31,34)7/h10-12,16-17,25,31,36,40-41,43H,8-9,13-15H2,1-7H3/t17-,25?,31-,32+,33+,34+/m1/s1. The van der Waals surface area contributed by atoms with Crippen LogP contribution in [0.1, 0.15) is 91.2 Å². The minimum Gasteiger partial charge on any atom is -0.508 e. The lowest BCUT2D eigenvalue weighted by atomic mass is 9.40. The number of phenols is 1. The molecule has 0 aromatic heterocycles. The van der Waals surface area contributed by atoms with E-state index in [0.717, 1.165) is 13.3 Å². The number of carbonyl (C=O) groups is 5. The van der Waals surface area contributed by atoms with Gasteiger partial charge >= 0.3 is 11.9 Å². The van der Waals surface area contributed by atoms with E-state index >= 15 is 0 Å². The number of aliphatic hydroxyl groups excluding tert-OH is 2. The summed E-state index contributed by atoms with van der Waals surface area (Å²) in [5, 5.41) is 46.4. The maximum Gasteiger partial charge on any atom is 0.306 e. The maximum absolute atomic E-state index is 14.7. The molecule has 11 heteroatoms. The van der Waals surface area contributed by atoms with Crippen LogP contribution < -0.4 is 0 Å². The summed E-state index contributed by atoms with van der Waals surface area (Å²) in [6, 6.07) is 4.50. The number of unbranched alkanes of at least 4 members (excludes halogenated alkanes) is 1. The monoisotopic (exact) mass is 626 g/mol. The van der Waals surface area contributed by atoms with Gasteiger partial charge < -0.3 is 29.9 Å². The number of aliphatic hydroxyl groups is 3. The van der Waals surface area contributed by atoms with E-state index in [1.807, 2.05) is 6.92 Å². The van der Waals surface area contributed by atoms with E-state index in [-0.39, 0.29) is 24.3 Å². The van der Waals surface area contributed by atoms with Gasteiger partial charge in [0.15, 0.2) is 17.2 Å². The van der Waals surface area contributed by atoms with Crippen molar-refractivity contribution in [2.24, 2.45) is 22.7 Å². The number of ketones is 3. The Kier molecular flexibility index (Phi) is 8.84. The Labute approximate surface area is 261 Å². The van der Waals surface area contributed by atoms with Crippen LogP contribution in [0.25, 0.3) is 5.76 Å². The maximum atomic E-state index is 14.7. The van der Waals surface area contributed by atoms with Crippen molar-refractivity contribution in [3.63, 3.8) is 0 Å². The Morgan fingerprint density at radius 3 is 2.22 bits per heavy atom. The number of aromatic hydroxyl groups is 1. The molecule has 0 aliphatic heterocycles. The molecule has 1 fully saturated rings. The van der Waals surface area contributed by atoms with Crippen LogP contribution in [0.3, 0.4) is 0 Å². The van der Waals surface area contributed by atoms with Crippen LogP contribution in [-0.4, -0.2) is 68.0 Å². The van der Waals surface area contributed by atoms with Crippen molar-refractivity contribution >= 4 is 35.0 Å². The van der Waals surface area contributed by atoms with E-state index in [0.29, 0.717) is 12.0 Å². The third-order valence-electron chi connectivity index (χ3n) is 10.2. The molecule has 1 aromatic rings. The minimum absolute atomic E-state index is 0.0690. The lowest BCUT2D eigenvalue weighted by molar-refractivity contribution is -0.227. The van der Waals surface area contributed by atoms with E-state index in [2.05, 4.69) is 0 Å². The molecule has 4 N–H and O–H groups in total. The van der Waals surface area contributed by atoms with Crippen LogP contribution in [0.2, 0.25) is 0 Å². The van der Waals surface area contributed by atoms with Gasteiger partial charge in [0.2, 0.25) is 5.78 Å². The third kappa shape index (κ3) is 4.69. The number of allylic oxidation sites excluding steroid dienone is 1. The van der Waals surface area contributed by atoms with E-state index < -0.39 is 98.7 Å². The second kappa shape index (κ2) is 11.7. The quantitative estimate of drug-likeness (QED) is 0.173. The first-order valence-electron chi connectivity index (χ1n) is 15.3. The van der Waals surface area contributed by atoms with Crippen LogP contribution in [-0.2, 0) is 33.4 Å². The first-order chi connectivity index (χ1) is 20.9. The molecule has 6 atom stereocenters. The molecular weight excluding hydrogens is 584 g/mol. The Morgan fingerprint density at radius 1 is 1.02 bits per heavy atom. The summed E-state index contributed by atoms with van der Waals surface area (Å²) < 4.78 is 11.3. The van der Waals surface area contributed by atoms with Gasteiger partial charge in [-0.05, 0) is 36.8 Å². The summed E-state index contributed by atoms with van der Waals surface area (Å²) in [6.45, 7) is 11.1. The summed E-state index contributed by atoms with van der Waals surface area (Å²) in [6.07, 6.45) is -0.875. The molecule has 0 saturated heterocycles. The molecule has 3 aliphatic carbocycles. The molecule has 244 valence electrons. The van der Waals surface area contributed by atoms with Crippen molar-refractivity contribution in [1.29, 1.82) is 0 Å². The van der Waals surface area contributed by atoms with Crippen LogP contribution in [0.4, 0.5) is 0 Å². The molecule has 1 aromatic carbocycles. The normalized spacial score (nSPS) is 30.9. The fourth-order valence-electron chi connectivity index (χ4n) is 7.90. The molecule has 0 heterocycles. The summed E-state index contributed by atoms with van der Waals surface area (Å²) in [7, 11) is 0. The third-order valence-corrected chi connectivity index (χ3v) is 10.2. The van der Waals surface area contributed by atoms with Crippen LogP contribution in [0.15, 0.2) is 35.1 Å². The van der Waals surface area contributed by atoms with Gasteiger partial charge in [0.25, 0.3) is 0 Å². The second-order valence-corrected chi connectivity index (χ2v) is 13.1. The average Bonchev–Trinajstić information content (AvgIpc) is 2.95. The molecule has 1 unspecified atom stereocenters. The van der Waals surface area contributed by atoms with Crippen molar-refractivity contribution in [2.75, 3.05) is 6.61 Å². The van der Waals surface area contributed by atoms with Gasteiger partial charge in [-0.15, -0.1) is 0 Å². The molecule has 45 heavy (non-hydrogen) atoms. The predicted octanol–water partition coefficient (Wildman–Crippen LogP) is 4.40. The lowest BCUT2D eigenvalue weighted by Gasteiger charge is -2.64. The first-order valence-corrected chi connectivity index (χ1v) is 15.3. The highest BCUT2D eigenvalue weighted by Gasteiger charge is 2.78. The second-order valence-electron chi connectivity index (χ2n) is 13.1. The topological polar surface area (TPSA) is 185 Å². The van der Waals surface area contributed by atoms with Crippen molar-refractivity contribution < 1.29 is 53.9 Å². The molecule has 11 nitrogen and oxygen atoms in total. The van der Waals surface area contributed by atoms with E-state index in [1.165, 1.54) is 13.0 Å². The Hall–Kier alpha value is -3.99. The van der Waals surface area contributed by atoms with Crippen LogP contribution >= 0.6 is 0 Å². The number of benzene rings is 1. The molecule has 4 rings (SSSR count). The zero-order chi connectivity index (χ0) is 33.8. The Morgan fingerprint density at radius 2 is 1.64 bits per heavy atom. The summed E-state index contributed by atoms with van der Waals surface area (Å²) >= 11 is 0. The molecule has 1 saturated carbocycles. The molecule has 0 amide bonds. The number of ether oxygens (including phenoxy) is 2. The number of esters is 2. The van der Waals surface area contributed by atoms with Crippen molar-refractivity contribution in [2.45, 2.75) is 91.8 Å². The molecule has 3 aliphatic rings. The highest BCUT2D eigenvalue weighted by Crippen LogP contribution is 2.68. The van der Waals surface area contributed by atoms with Crippen LogP contribution in [0, 0.1) is 22.7 Å². The number of phenolic OH excluding ortho intramolecular Hbond substituents is 1. The highest BCUT2D eigenvalue weighted by atomic mass is 16.6. The van der Waals surface area contributed by atoms with Gasteiger partial charge in [0, 0.05) is 11.3 Å². The van der Waals surface area contributed by atoms with E-state index in [1.54, 1.807) is 39.8 Å². The SMILES string of the molecule is CCCCOC(=O)CCC(=O)O[C@@H]1[C@]2(C)C(=C(O)c3c(O)cccc3[C@H]2C)C(=O)[C@@]2(O)C(O)=C(C(C)=O)C(=O)C(C(C)C)[C@@]12C. The summed E-state index contributed by atoms with van der Waals surface area (Å²) in [5.74, 6) is -9.39. The van der Waals surface area contributed by atoms with Crippen molar-refractivity contribution in [3.05, 3.63) is 46.2 Å². The fourth-order valence-corrected chi connectivity index (χ4v) is 7.90. The number of carbonyl (C=O) groups excluding carboxylic acids is 5. The van der Waals surface area contributed by atoms with Gasteiger partial charge in [-0.3, -0.25) is 24.0 Å². The number of Topliss-reactive ketones (excluding diaryl/α,β-unsaturated/α-hetero) is 3. The zero-order valence-electron chi connectivity index (χ0n) is 26.7. The lowest BCUT2D eigenvalue weighted by Crippen LogP contribution is -2.76. The minimum atomic E-state index is -3.01. The van der Waals surface area contributed by atoms with E-state index in [9.17, 15) is 44.4 Å². The molecular formula is C34H42O11. The summed E-state index contributed by atoms with van der Waals surface area (Å²) in [4.78, 5) is 67.2. The number of hydrogen-bond acceptors (Lipinski definition) is 11. The highest BCUT2D eigenvalue weighted by molar-refractivity contribution is 6.24. The molecule has 0 radical (unpaired) electrons. The average molecular weight is 627 g/mol. The molecule has 0 spiro atoms. The van der Waals surface area contributed by atoms with Gasteiger partial charge in [-0.25, -0.2) is 0 Å². The first kappa shape index (κ1) is 33.9. The van der Waals surface area contributed by atoms with Gasteiger partial charge in [0.05, 0.1) is 36.0 Å². The largest absolute Gasteiger partial charge is 0.508 e. The number of fused-ring (bicyclic) bond motifs is 3. The number of hydrogen-bond donors (Lipinski definition) is 4. The van der Waals surface area contributed by atoms with Crippen LogP contribution in [0.5, 0.6) is 5.75 Å². The van der Waals surface area contributed by atoms with Gasteiger partial charge in [-0.2, -0.15) is 0 Å². The summed E-state index contributed by atoms with van der Waals surface area (Å²) in [5.41, 5.74) is -7.57. The number of rotatable bonds is 9. The van der Waals surface area contributed by atoms with Crippen molar-refractivity contribution in [1.82, 2.24) is 0 Å². The predicted molar refractivity (Wildman–Crippen MR) is 161 cm³/mol. The fraction of sp³-hybridized carbons (Fsp3) is 0.559. The smallest absolute Gasteiger partial charge is 0.306 e.